The van der Waals surface area contributed by atoms with E-state index in [0.717, 1.165) is 23.4 Å². The zero-order valence-electron chi connectivity index (χ0n) is 12.0. The van der Waals surface area contributed by atoms with Gasteiger partial charge in [-0.2, -0.15) is 0 Å². The lowest BCUT2D eigenvalue weighted by Gasteiger charge is -2.17. The number of fused-ring (bicyclic) bond motifs is 1. The summed E-state index contributed by atoms with van der Waals surface area (Å²) in [6, 6.07) is 7.98. The first-order valence-corrected chi connectivity index (χ1v) is 7.02. The Bertz CT molecular complexity index is 685. The molecule has 2 aromatic rings. The fourth-order valence-corrected chi connectivity index (χ4v) is 2.60. The van der Waals surface area contributed by atoms with Crippen LogP contribution in [0.15, 0.2) is 30.3 Å². The molecule has 1 N–H and O–H groups in total. The minimum Gasteiger partial charge on any atom is -0.493 e. The molecule has 0 radical (unpaired) electrons. The van der Waals surface area contributed by atoms with Crippen LogP contribution in [0.2, 0.25) is 0 Å². The molecule has 0 saturated carbocycles. The Balaban J connectivity index is 1.83. The van der Waals surface area contributed by atoms with E-state index in [1.165, 1.54) is 12.1 Å². The van der Waals surface area contributed by atoms with E-state index in [4.69, 9.17) is 4.74 Å². The number of hydrogen-bond donors (Lipinski definition) is 1. The number of rotatable bonds is 3. The maximum absolute atomic E-state index is 14.0. The van der Waals surface area contributed by atoms with E-state index in [0.29, 0.717) is 17.7 Å². The van der Waals surface area contributed by atoms with Gasteiger partial charge in [-0.15, -0.1) is 0 Å². The van der Waals surface area contributed by atoms with Crippen molar-refractivity contribution >= 4 is 5.69 Å². The number of benzene rings is 2. The van der Waals surface area contributed by atoms with E-state index >= 15 is 0 Å². The van der Waals surface area contributed by atoms with Crippen molar-refractivity contribution in [1.29, 1.82) is 0 Å². The fraction of sp³-hybridized carbons (Fsp3) is 0.294. The summed E-state index contributed by atoms with van der Waals surface area (Å²) in [6.45, 7) is 4.07. The van der Waals surface area contributed by atoms with Gasteiger partial charge in [0, 0.05) is 17.7 Å². The van der Waals surface area contributed by atoms with Crippen LogP contribution >= 0.6 is 0 Å². The molecule has 1 aliphatic heterocycles. The highest BCUT2D eigenvalue weighted by molar-refractivity contribution is 5.53. The lowest BCUT2D eigenvalue weighted by atomic mass is 10.0. The smallest absolute Gasteiger partial charge is 0.128 e. The highest BCUT2D eigenvalue weighted by Gasteiger charge is 2.16. The lowest BCUT2D eigenvalue weighted by Crippen LogP contribution is -2.09. The highest BCUT2D eigenvalue weighted by Crippen LogP contribution is 2.30. The largest absolute Gasteiger partial charge is 0.493 e. The molecule has 0 bridgehead atoms. The molecule has 1 atom stereocenters. The predicted octanol–water partition coefficient (Wildman–Crippen LogP) is 4.38. The van der Waals surface area contributed by atoms with E-state index < -0.39 is 5.82 Å². The van der Waals surface area contributed by atoms with Crippen LogP contribution in [0.3, 0.4) is 0 Å². The van der Waals surface area contributed by atoms with Gasteiger partial charge < -0.3 is 10.1 Å². The Labute approximate surface area is 122 Å². The monoisotopic (exact) mass is 289 g/mol. The number of halogens is 2. The van der Waals surface area contributed by atoms with Crippen molar-refractivity contribution in [3.8, 4) is 5.75 Å². The molecular weight excluding hydrogens is 272 g/mol. The van der Waals surface area contributed by atoms with Crippen LogP contribution in [0.25, 0.3) is 0 Å². The number of anilines is 1. The van der Waals surface area contributed by atoms with E-state index in [1.54, 1.807) is 6.92 Å². The number of ether oxygens (including phenoxy) is 1. The third-order valence-corrected chi connectivity index (χ3v) is 3.82. The SMILES string of the molecule is Cc1cc(F)c(C(C)Nc2ccc3c(c2)CCO3)cc1F. The van der Waals surface area contributed by atoms with Crippen LogP contribution in [0.5, 0.6) is 5.75 Å². The van der Waals surface area contributed by atoms with Crippen molar-refractivity contribution in [1.82, 2.24) is 0 Å². The topological polar surface area (TPSA) is 21.3 Å². The van der Waals surface area contributed by atoms with E-state index in [1.807, 2.05) is 25.1 Å². The molecule has 1 unspecified atom stereocenters. The van der Waals surface area contributed by atoms with Crippen molar-refractivity contribution in [3.05, 3.63) is 58.7 Å². The average Bonchev–Trinajstić information content (AvgIpc) is 2.90. The van der Waals surface area contributed by atoms with E-state index in [9.17, 15) is 8.78 Å². The van der Waals surface area contributed by atoms with Gasteiger partial charge in [-0.25, -0.2) is 8.78 Å². The molecule has 0 fully saturated rings. The molecule has 21 heavy (non-hydrogen) atoms. The Morgan fingerprint density at radius 3 is 2.76 bits per heavy atom. The van der Waals surface area contributed by atoms with Gasteiger partial charge in [0.05, 0.1) is 12.6 Å². The Kier molecular flexibility index (Phi) is 3.53. The third-order valence-electron chi connectivity index (χ3n) is 3.82. The van der Waals surface area contributed by atoms with Gasteiger partial charge >= 0.3 is 0 Å². The Hall–Kier alpha value is -2.10. The summed E-state index contributed by atoms with van der Waals surface area (Å²) in [6.07, 6.45) is 0.882. The molecule has 2 nitrogen and oxygen atoms in total. The molecule has 0 amide bonds. The van der Waals surface area contributed by atoms with Gasteiger partial charge in [0.25, 0.3) is 0 Å². The van der Waals surface area contributed by atoms with Crippen LogP contribution in [0, 0.1) is 18.6 Å². The van der Waals surface area contributed by atoms with Gasteiger partial charge in [-0.05, 0) is 55.3 Å². The highest BCUT2D eigenvalue weighted by atomic mass is 19.1. The summed E-state index contributed by atoms with van der Waals surface area (Å²) in [7, 11) is 0. The maximum Gasteiger partial charge on any atom is 0.128 e. The fourth-order valence-electron chi connectivity index (χ4n) is 2.60. The molecule has 0 aliphatic carbocycles. The van der Waals surface area contributed by atoms with E-state index in [2.05, 4.69) is 5.32 Å². The molecule has 0 saturated heterocycles. The first-order valence-electron chi connectivity index (χ1n) is 7.02. The minimum absolute atomic E-state index is 0.318. The summed E-state index contributed by atoms with van der Waals surface area (Å²) in [5, 5.41) is 3.21. The molecule has 1 heterocycles. The zero-order valence-corrected chi connectivity index (χ0v) is 12.0. The minimum atomic E-state index is -0.390. The van der Waals surface area contributed by atoms with Gasteiger partial charge in [-0.3, -0.25) is 0 Å². The van der Waals surface area contributed by atoms with Crippen molar-refractivity contribution in [3.63, 3.8) is 0 Å². The van der Waals surface area contributed by atoms with Crippen molar-refractivity contribution in [2.24, 2.45) is 0 Å². The van der Waals surface area contributed by atoms with Gasteiger partial charge in [0.1, 0.15) is 17.4 Å². The first kappa shape index (κ1) is 13.9. The quantitative estimate of drug-likeness (QED) is 0.905. The normalized spacial score (nSPS) is 14.5. The summed E-state index contributed by atoms with van der Waals surface area (Å²) in [5.41, 5.74) is 2.67. The van der Waals surface area contributed by atoms with Crippen molar-refractivity contribution in [2.75, 3.05) is 11.9 Å². The van der Waals surface area contributed by atoms with Crippen LogP contribution < -0.4 is 10.1 Å². The second kappa shape index (κ2) is 5.35. The van der Waals surface area contributed by atoms with Crippen molar-refractivity contribution < 1.29 is 13.5 Å². The van der Waals surface area contributed by atoms with Crippen LogP contribution in [0.1, 0.15) is 29.7 Å². The first-order chi connectivity index (χ1) is 10.0. The van der Waals surface area contributed by atoms with Crippen LogP contribution in [0.4, 0.5) is 14.5 Å². The second-order valence-corrected chi connectivity index (χ2v) is 5.41. The molecule has 2 aromatic carbocycles. The summed E-state index contributed by atoms with van der Waals surface area (Å²) < 4.78 is 33.1. The van der Waals surface area contributed by atoms with Gasteiger partial charge in [0.15, 0.2) is 0 Å². The summed E-state index contributed by atoms with van der Waals surface area (Å²) >= 11 is 0. The zero-order chi connectivity index (χ0) is 15.0. The summed E-state index contributed by atoms with van der Waals surface area (Å²) in [4.78, 5) is 0. The molecule has 0 spiro atoms. The predicted molar refractivity (Wildman–Crippen MR) is 78.8 cm³/mol. The standard InChI is InChI=1S/C17H17F2NO/c1-10-7-16(19)14(9-15(10)18)11(2)20-13-3-4-17-12(8-13)5-6-21-17/h3-4,7-9,11,20H,5-6H2,1-2H3. The third kappa shape index (κ3) is 2.71. The Morgan fingerprint density at radius 1 is 1.14 bits per heavy atom. The molecule has 0 aromatic heterocycles. The van der Waals surface area contributed by atoms with E-state index in [-0.39, 0.29) is 11.9 Å². The van der Waals surface area contributed by atoms with Gasteiger partial charge in [0.2, 0.25) is 0 Å². The Morgan fingerprint density at radius 2 is 1.95 bits per heavy atom. The molecular formula is C17H17F2NO. The average molecular weight is 289 g/mol. The van der Waals surface area contributed by atoms with Gasteiger partial charge in [-0.1, -0.05) is 0 Å². The summed E-state index contributed by atoms with van der Waals surface area (Å²) in [5.74, 6) is 0.126. The molecule has 1 aliphatic rings. The van der Waals surface area contributed by atoms with Crippen molar-refractivity contribution in [2.45, 2.75) is 26.3 Å². The lowest BCUT2D eigenvalue weighted by molar-refractivity contribution is 0.357. The maximum atomic E-state index is 14.0. The van der Waals surface area contributed by atoms with Crippen LogP contribution in [-0.4, -0.2) is 6.61 Å². The molecule has 4 heteroatoms. The molecule has 110 valence electrons. The number of aryl methyl sites for hydroxylation is 1. The number of nitrogens with one attached hydrogen (secondary N) is 1. The van der Waals surface area contributed by atoms with Crippen LogP contribution in [-0.2, 0) is 6.42 Å². The molecule has 3 rings (SSSR count). The number of hydrogen-bond acceptors (Lipinski definition) is 2. The second-order valence-electron chi connectivity index (χ2n) is 5.41.